The third-order valence-electron chi connectivity index (χ3n) is 7.34. The fraction of sp³-hybridized carbons (Fsp3) is 0.765. The number of esters is 2. The molecule has 0 heterocycles. The SMILES string of the molecule is CCCCCCC(=O)OCOP(=O)(OCOC(=O)CCCCCC)C(CCC/C=C(\C)CC/C=C(\C)CCC=C(C)C)S(=O)(=O)O. The van der Waals surface area contributed by atoms with E-state index in [1.807, 2.05) is 26.8 Å². The van der Waals surface area contributed by atoms with E-state index in [0.29, 0.717) is 19.3 Å². The number of carbonyl (C=O) groups excluding carboxylic acids is 2. The fourth-order valence-corrected chi connectivity index (χ4v) is 7.96. The van der Waals surface area contributed by atoms with Crippen LogP contribution >= 0.6 is 7.60 Å². The summed E-state index contributed by atoms with van der Waals surface area (Å²) in [6.45, 7) is 10.7. The van der Waals surface area contributed by atoms with E-state index in [0.717, 1.165) is 69.8 Å². The molecule has 0 fully saturated rings. The lowest BCUT2D eigenvalue weighted by Gasteiger charge is -2.24. The summed E-state index contributed by atoms with van der Waals surface area (Å²) in [5.74, 6) is -1.19. The quantitative estimate of drug-likeness (QED) is 0.0210. The van der Waals surface area contributed by atoms with Crippen molar-refractivity contribution in [2.75, 3.05) is 13.6 Å². The second-order valence-corrected chi connectivity index (χ2v) is 16.2. The van der Waals surface area contributed by atoms with Crippen LogP contribution in [0.2, 0.25) is 0 Å². The lowest BCUT2D eigenvalue weighted by molar-refractivity contribution is -0.152. The molecule has 0 aromatic heterocycles. The van der Waals surface area contributed by atoms with E-state index < -0.39 is 48.2 Å². The highest BCUT2D eigenvalue weighted by Crippen LogP contribution is 2.56. The summed E-state index contributed by atoms with van der Waals surface area (Å²) in [7, 11) is -9.60. The van der Waals surface area contributed by atoms with E-state index in [4.69, 9.17) is 18.5 Å². The van der Waals surface area contributed by atoms with Gasteiger partial charge in [0.2, 0.25) is 13.6 Å². The van der Waals surface area contributed by atoms with E-state index >= 15 is 0 Å². The van der Waals surface area contributed by atoms with Crippen molar-refractivity contribution >= 4 is 29.7 Å². The summed E-state index contributed by atoms with van der Waals surface area (Å²) in [6, 6.07) is 0. The van der Waals surface area contributed by atoms with Gasteiger partial charge in [-0.1, -0.05) is 87.3 Å². The first-order chi connectivity index (χ1) is 21.7. The number of carbonyl (C=O) groups is 2. The van der Waals surface area contributed by atoms with E-state index in [1.165, 1.54) is 11.1 Å². The number of hydrogen-bond acceptors (Lipinski definition) is 9. The molecule has 1 N–H and O–H groups in total. The highest BCUT2D eigenvalue weighted by molar-refractivity contribution is 7.94. The van der Waals surface area contributed by atoms with E-state index in [1.54, 1.807) is 0 Å². The van der Waals surface area contributed by atoms with Crippen LogP contribution in [0.1, 0.15) is 151 Å². The van der Waals surface area contributed by atoms with Gasteiger partial charge in [-0.05, 0) is 85.5 Å². The second-order valence-electron chi connectivity index (χ2n) is 12.0. The lowest BCUT2D eigenvalue weighted by atomic mass is 10.1. The average molecular weight is 693 g/mol. The smallest absolute Gasteiger partial charge is 0.357 e. The molecule has 0 aromatic carbocycles. The van der Waals surface area contributed by atoms with Crippen LogP contribution in [-0.2, 0) is 42.8 Å². The molecule has 0 radical (unpaired) electrons. The van der Waals surface area contributed by atoms with Gasteiger partial charge in [0.05, 0.1) is 0 Å². The van der Waals surface area contributed by atoms with Gasteiger partial charge in [0.15, 0.2) is 4.99 Å². The molecule has 1 unspecified atom stereocenters. The summed E-state index contributed by atoms with van der Waals surface area (Å²) in [6.07, 6.45) is 17.8. The summed E-state index contributed by atoms with van der Waals surface area (Å²) < 4.78 is 69.1. The lowest BCUT2D eigenvalue weighted by Crippen LogP contribution is -2.25. The third-order valence-corrected chi connectivity index (χ3v) is 11.7. The minimum atomic E-state index is -4.93. The van der Waals surface area contributed by atoms with E-state index in [-0.39, 0.29) is 25.7 Å². The van der Waals surface area contributed by atoms with Crippen molar-refractivity contribution in [3.05, 3.63) is 34.9 Å². The zero-order chi connectivity index (χ0) is 34.8. The number of allylic oxidation sites excluding steroid dienone is 6. The number of rotatable bonds is 28. The van der Waals surface area contributed by atoms with Crippen LogP contribution in [0.5, 0.6) is 0 Å². The Morgan fingerprint density at radius 2 is 1.13 bits per heavy atom. The maximum atomic E-state index is 13.8. The molecule has 0 aliphatic heterocycles. The molecule has 10 nitrogen and oxygen atoms in total. The minimum absolute atomic E-state index is 0.128. The summed E-state index contributed by atoms with van der Waals surface area (Å²) in [5, 5.41) is 0. The van der Waals surface area contributed by atoms with Crippen molar-refractivity contribution in [1.82, 2.24) is 0 Å². The van der Waals surface area contributed by atoms with Gasteiger partial charge in [0.1, 0.15) is 0 Å². The van der Waals surface area contributed by atoms with Crippen molar-refractivity contribution in [1.29, 1.82) is 0 Å². The van der Waals surface area contributed by atoms with Gasteiger partial charge in [-0.3, -0.25) is 27.8 Å². The van der Waals surface area contributed by atoms with Crippen molar-refractivity contribution in [2.24, 2.45) is 0 Å². The van der Waals surface area contributed by atoms with Gasteiger partial charge in [-0.25, -0.2) is 0 Å². The third kappa shape index (κ3) is 23.5. The Balaban J connectivity index is 5.31. The van der Waals surface area contributed by atoms with E-state index in [9.17, 15) is 27.1 Å². The van der Waals surface area contributed by atoms with Gasteiger partial charge in [-0.2, -0.15) is 8.42 Å². The zero-order valence-corrected chi connectivity index (χ0v) is 30.9. The molecule has 0 spiro atoms. The van der Waals surface area contributed by atoms with Gasteiger partial charge in [-0.15, -0.1) is 0 Å². The van der Waals surface area contributed by atoms with Crippen LogP contribution in [0.25, 0.3) is 0 Å². The zero-order valence-electron chi connectivity index (χ0n) is 29.2. The Labute approximate surface area is 279 Å². The first kappa shape index (κ1) is 44.2. The molecular formula is C34H61O10PS. The van der Waals surface area contributed by atoms with Crippen LogP contribution in [0.3, 0.4) is 0 Å². The summed E-state index contributed by atoms with van der Waals surface area (Å²) >= 11 is 0. The normalized spacial score (nSPS) is 13.4. The van der Waals surface area contributed by atoms with Crippen molar-refractivity contribution in [3.8, 4) is 0 Å². The molecule has 0 aliphatic carbocycles. The number of unbranched alkanes of at least 4 members (excludes halogenated alkanes) is 7. The Kier molecular flexibility index (Phi) is 25.2. The molecule has 0 bridgehead atoms. The van der Waals surface area contributed by atoms with E-state index in [2.05, 4.69) is 32.9 Å². The first-order valence-electron chi connectivity index (χ1n) is 16.9. The summed E-state index contributed by atoms with van der Waals surface area (Å²) in [5.41, 5.74) is 3.77. The van der Waals surface area contributed by atoms with Crippen LogP contribution < -0.4 is 0 Å². The Bertz CT molecular complexity index is 1070. The van der Waals surface area contributed by atoms with Crippen LogP contribution in [-0.4, -0.2) is 43.5 Å². The maximum absolute atomic E-state index is 13.8. The van der Waals surface area contributed by atoms with Crippen molar-refractivity contribution in [3.63, 3.8) is 0 Å². The van der Waals surface area contributed by atoms with Gasteiger partial charge in [0.25, 0.3) is 10.1 Å². The van der Waals surface area contributed by atoms with Crippen LogP contribution in [0.4, 0.5) is 0 Å². The largest absolute Gasteiger partial charge is 0.438 e. The van der Waals surface area contributed by atoms with Crippen LogP contribution in [0, 0.1) is 0 Å². The molecule has 0 aromatic rings. The van der Waals surface area contributed by atoms with Gasteiger partial charge < -0.3 is 9.47 Å². The predicted octanol–water partition coefficient (Wildman–Crippen LogP) is 9.96. The molecule has 0 saturated heterocycles. The van der Waals surface area contributed by atoms with Crippen LogP contribution in [0.15, 0.2) is 34.9 Å². The minimum Gasteiger partial charge on any atom is -0.438 e. The predicted molar refractivity (Wildman–Crippen MR) is 184 cm³/mol. The highest BCUT2D eigenvalue weighted by atomic mass is 32.2. The Hall–Kier alpha value is -1.78. The monoisotopic (exact) mass is 692 g/mol. The Morgan fingerprint density at radius 1 is 0.674 bits per heavy atom. The molecule has 268 valence electrons. The molecule has 46 heavy (non-hydrogen) atoms. The summed E-state index contributed by atoms with van der Waals surface area (Å²) in [4.78, 5) is 22.2. The van der Waals surface area contributed by atoms with Crippen molar-refractivity contribution in [2.45, 2.75) is 156 Å². The second kappa shape index (κ2) is 26.2. The molecule has 0 saturated carbocycles. The fourth-order valence-electron chi connectivity index (χ4n) is 4.52. The number of hydrogen-bond donors (Lipinski definition) is 1. The average Bonchev–Trinajstić information content (AvgIpc) is 2.96. The number of ether oxygens (including phenoxy) is 2. The van der Waals surface area contributed by atoms with Gasteiger partial charge >= 0.3 is 19.5 Å². The highest BCUT2D eigenvalue weighted by Gasteiger charge is 2.45. The maximum Gasteiger partial charge on any atom is 0.357 e. The van der Waals surface area contributed by atoms with Crippen molar-refractivity contribution < 1.29 is 45.6 Å². The molecule has 1 atom stereocenters. The topological polar surface area (TPSA) is 142 Å². The molecule has 0 rings (SSSR count). The Morgan fingerprint density at radius 3 is 1.57 bits per heavy atom. The first-order valence-corrected chi connectivity index (χ1v) is 20.0. The standard InChI is InChI=1S/C34H61O10PS/c1-7-9-11-13-24-32(35)41-27-43-45(37,44-28-42-33(36)25-14-12-10-8-2)34(46(38,39)40)26-16-15-20-30(5)22-18-23-31(6)21-17-19-29(3)4/h19-20,23,34H,7-18,21-22,24-28H2,1-6H3,(H,38,39,40)/b30-20+,31-23+. The molecule has 12 heteroatoms. The van der Waals surface area contributed by atoms with Gasteiger partial charge in [0, 0.05) is 12.8 Å². The molecule has 0 aliphatic rings. The molecular weight excluding hydrogens is 631 g/mol. The molecule has 0 amide bonds.